The molecular weight excluding hydrogens is 270 g/mol. The van der Waals surface area contributed by atoms with E-state index >= 15 is 0 Å². The lowest BCUT2D eigenvalue weighted by molar-refractivity contribution is 0.0269. The summed E-state index contributed by atoms with van der Waals surface area (Å²) in [5, 5.41) is 3.16. The van der Waals surface area contributed by atoms with Crippen molar-refractivity contribution < 1.29 is 9.53 Å². The lowest BCUT2D eigenvalue weighted by Crippen LogP contribution is -2.43. The molecule has 1 aromatic rings. The first kappa shape index (κ1) is 11.8. The Labute approximate surface area is 103 Å². The summed E-state index contributed by atoms with van der Waals surface area (Å²) in [6, 6.07) is 5.73. The van der Waals surface area contributed by atoms with Crippen LogP contribution in [0.3, 0.4) is 0 Å². The summed E-state index contributed by atoms with van der Waals surface area (Å²) < 4.78 is 6.38. The summed E-state index contributed by atoms with van der Waals surface area (Å²) in [5.74, 6) is 0.0611. The summed E-state index contributed by atoms with van der Waals surface area (Å²) in [6.07, 6.45) is -0.346. The van der Waals surface area contributed by atoms with E-state index in [4.69, 9.17) is 4.74 Å². The maximum absolute atomic E-state index is 12.2. The van der Waals surface area contributed by atoms with E-state index in [-0.39, 0.29) is 11.9 Å². The van der Waals surface area contributed by atoms with Gasteiger partial charge >= 0.3 is 0 Å². The van der Waals surface area contributed by atoms with Gasteiger partial charge in [-0.25, -0.2) is 0 Å². The summed E-state index contributed by atoms with van der Waals surface area (Å²) in [4.78, 5) is 12.2. The highest BCUT2D eigenvalue weighted by molar-refractivity contribution is 9.10. The Morgan fingerprint density at radius 2 is 2.38 bits per heavy atom. The summed E-state index contributed by atoms with van der Waals surface area (Å²) >= 11 is 3.38. The first-order valence-corrected chi connectivity index (χ1v) is 6.10. The number of aryl methyl sites for hydroxylation is 1. The minimum Gasteiger partial charge on any atom is -0.367 e. The lowest BCUT2D eigenvalue weighted by atomic mass is 10.0. The van der Waals surface area contributed by atoms with Gasteiger partial charge in [0.15, 0.2) is 5.78 Å². The van der Waals surface area contributed by atoms with Gasteiger partial charge in [0.2, 0.25) is 0 Å². The number of halogens is 1. The van der Waals surface area contributed by atoms with Crippen molar-refractivity contribution in [3.63, 3.8) is 0 Å². The minimum absolute atomic E-state index is 0.0611. The second-order valence-corrected chi connectivity index (χ2v) is 4.80. The first-order valence-electron chi connectivity index (χ1n) is 5.31. The van der Waals surface area contributed by atoms with Crippen LogP contribution < -0.4 is 5.32 Å². The zero-order valence-corrected chi connectivity index (χ0v) is 10.7. The molecule has 0 spiro atoms. The summed E-state index contributed by atoms with van der Waals surface area (Å²) in [7, 11) is 0. The molecule has 16 heavy (non-hydrogen) atoms. The quantitative estimate of drug-likeness (QED) is 0.843. The van der Waals surface area contributed by atoms with Crippen LogP contribution in [0.15, 0.2) is 22.7 Å². The maximum Gasteiger partial charge on any atom is 0.193 e. The smallest absolute Gasteiger partial charge is 0.193 e. The van der Waals surface area contributed by atoms with Gasteiger partial charge in [-0.3, -0.25) is 4.79 Å². The predicted octanol–water partition coefficient (Wildman–Crippen LogP) is 1.93. The molecule has 1 atom stereocenters. The number of nitrogens with one attached hydrogen (secondary N) is 1. The highest BCUT2D eigenvalue weighted by atomic mass is 79.9. The van der Waals surface area contributed by atoms with Gasteiger partial charge in [0, 0.05) is 23.1 Å². The van der Waals surface area contributed by atoms with E-state index in [2.05, 4.69) is 21.2 Å². The van der Waals surface area contributed by atoms with Crippen molar-refractivity contribution in [3.8, 4) is 0 Å². The molecule has 1 N–H and O–H groups in total. The highest BCUT2D eigenvalue weighted by Crippen LogP contribution is 2.18. The van der Waals surface area contributed by atoms with E-state index in [1.807, 2.05) is 25.1 Å². The molecule has 1 aliphatic heterocycles. The van der Waals surface area contributed by atoms with Crippen LogP contribution in [0.1, 0.15) is 15.9 Å². The number of rotatable bonds is 2. The molecule has 1 aliphatic rings. The molecule has 1 fully saturated rings. The maximum atomic E-state index is 12.2. The minimum atomic E-state index is -0.346. The van der Waals surface area contributed by atoms with Crippen LogP contribution in [-0.4, -0.2) is 31.6 Å². The van der Waals surface area contributed by atoms with Crippen molar-refractivity contribution in [1.82, 2.24) is 5.32 Å². The number of benzene rings is 1. The van der Waals surface area contributed by atoms with Crippen LogP contribution in [0.4, 0.5) is 0 Å². The van der Waals surface area contributed by atoms with Crippen LogP contribution in [0.25, 0.3) is 0 Å². The third-order valence-corrected chi connectivity index (χ3v) is 3.18. The van der Waals surface area contributed by atoms with Crippen LogP contribution in [-0.2, 0) is 4.74 Å². The Morgan fingerprint density at radius 1 is 1.56 bits per heavy atom. The van der Waals surface area contributed by atoms with Crippen LogP contribution >= 0.6 is 15.9 Å². The fourth-order valence-electron chi connectivity index (χ4n) is 1.77. The van der Waals surface area contributed by atoms with Crippen molar-refractivity contribution in [2.45, 2.75) is 13.0 Å². The molecule has 3 nitrogen and oxygen atoms in total. The van der Waals surface area contributed by atoms with Gasteiger partial charge in [-0.2, -0.15) is 0 Å². The van der Waals surface area contributed by atoms with Gasteiger partial charge in [0.25, 0.3) is 0 Å². The Hall–Kier alpha value is -0.710. The van der Waals surface area contributed by atoms with Crippen LogP contribution in [0.5, 0.6) is 0 Å². The molecule has 0 saturated carbocycles. The van der Waals surface area contributed by atoms with Crippen molar-refractivity contribution in [3.05, 3.63) is 33.8 Å². The number of carbonyl (C=O) groups is 1. The van der Waals surface area contributed by atoms with E-state index < -0.39 is 0 Å². The molecule has 2 rings (SSSR count). The molecule has 0 radical (unpaired) electrons. The molecule has 4 heteroatoms. The van der Waals surface area contributed by atoms with Gasteiger partial charge < -0.3 is 10.1 Å². The summed E-state index contributed by atoms with van der Waals surface area (Å²) in [6.45, 7) is 3.96. The van der Waals surface area contributed by atoms with Gasteiger partial charge in [0.1, 0.15) is 6.10 Å². The Kier molecular flexibility index (Phi) is 3.74. The molecule has 0 amide bonds. The SMILES string of the molecule is Cc1ccc(Br)cc1C(=O)C1CNCCO1. The third kappa shape index (κ3) is 2.51. The predicted molar refractivity (Wildman–Crippen MR) is 65.8 cm³/mol. The Balaban J connectivity index is 2.22. The molecule has 0 aliphatic carbocycles. The van der Waals surface area contributed by atoms with Crippen molar-refractivity contribution >= 4 is 21.7 Å². The number of hydrogen-bond donors (Lipinski definition) is 1. The van der Waals surface area contributed by atoms with Crippen LogP contribution in [0.2, 0.25) is 0 Å². The van der Waals surface area contributed by atoms with Crippen LogP contribution in [0, 0.1) is 6.92 Å². The number of morpholine rings is 1. The molecule has 86 valence electrons. The van der Waals surface area contributed by atoms with Gasteiger partial charge in [0.05, 0.1) is 6.61 Å². The molecule has 1 unspecified atom stereocenters. The monoisotopic (exact) mass is 283 g/mol. The summed E-state index contributed by atoms with van der Waals surface area (Å²) in [5.41, 5.74) is 1.73. The topological polar surface area (TPSA) is 38.3 Å². The molecule has 0 aromatic heterocycles. The average molecular weight is 284 g/mol. The van der Waals surface area contributed by atoms with E-state index in [9.17, 15) is 4.79 Å². The zero-order valence-electron chi connectivity index (χ0n) is 9.13. The molecular formula is C12H14BrNO2. The average Bonchev–Trinajstić information content (AvgIpc) is 2.32. The molecule has 1 aromatic carbocycles. The fraction of sp³-hybridized carbons (Fsp3) is 0.417. The normalized spacial score (nSPS) is 20.8. The van der Waals surface area contributed by atoms with E-state index in [1.54, 1.807) is 0 Å². The second kappa shape index (κ2) is 5.08. The number of hydrogen-bond acceptors (Lipinski definition) is 3. The Morgan fingerprint density at radius 3 is 3.06 bits per heavy atom. The Bertz CT molecular complexity index is 400. The lowest BCUT2D eigenvalue weighted by Gasteiger charge is -2.23. The van der Waals surface area contributed by atoms with Gasteiger partial charge in [-0.05, 0) is 24.6 Å². The molecule has 0 bridgehead atoms. The number of Topliss-reactive ketones (excluding diaryl/α,β-unsaturated/α-hetero) is 1. The molecule has 1 heterocycles. The first-order chi connectivity index (χ1) is 7.68. The number of ketones is 1. The fourth-order valence-corrected chi connectivity index (χ4v) is 2.13. The number of ether oxygens (including phenoxy) is 1. The number of carbonyl (C=O) groups excluding carboxylic acids is 1. The van der Waals surface area contributed by atoms with E-state index in [0.717, 1.165) is 22.1 Å². The standard InChI is InChI=1S/C12H14BrNO2/c1-8-2-3-9(13)6-10(8)12(15)11-7-14-4-5-16-11/h2-3,6,11,14H,4-5,7H2,1H3. The van der Waals surface area contributed by atoms with Crippen molar-refractivity contribution in [2.75, 3.05) is 19.7 Å². The second-order valence-electron chi connectivity index (χ2n) is 3.89. The van der Waals surface area contributed by atoms with Crippen molar-refractivity contribution in [1.29, 1.82) is 0 Å². The largest absolute Gasteiger partial charge is 0.367 e. The van der Waals surface area contributed by atoms with E-state index in [1.165, 1.54) is 0 Å². The molecule has 1 saturated heterocycles. The van der Waals surface area contributed by atoms with Gasteiger partial charge in [-0.15, -0.1) is 0 Å². The third-order valence-electron chi connectivity index (χ3n) is 2.69. The van der Waals surface area contributed by atoms with Crippen molar-refractivity contribution in [2.24, 2.45) is 0 Å². The highest BCUT2D eigenvalue weighted by Gasteiger charge is 2.24. The van der Waals surface area contributed by atoms with E-state index in [0.29, 0.717) is 13.2 Å². The van der Waals surface area contributed by atoms with Gasteiger partial charge in [-0.1, -0.05) is 22.0 Å². The zero-order chi connectivity index (χ0) is 11.5.